The molecule has 1 rings (SSSR count). The number of aliphatic hydroxyl groups is 1. The van der Waals surface area contributed by atoms with Crippen LogP contribution in [-0.2, 0) is 0 Å². The van der Waals surface area contributed by atoms with Crippen molar-refractivity contribution < 1.29 is 9.90 Å². The van der Waals surface area contributed by atoms with Gasteiger partial charge in [-0.1, -0.05) is 13.8 Å². The van der Waals surface area contributed by atoms with Crippen LogP contribution < -0.4 is 5.32 Å². The van der Waals surface area contributed by atoms with Crippen molar-refractivity contribution in [2.75, 3.05) is 19.7 Å². The molecule has 0 aromatic carbocycles. The van der Waals surface area contributed by atoms with Gasteiger partial charge in [-0.3, -0.25) is 0 Å². The third-order valence-corrected chi connectivity index (χ3v) is 3.11. The molecule has 4 heteroatoms. The first-order chi connectivity index (χ1) is 7.17. The fourth-order valence-electron chi connectivity index (χ4n) is 1.75. The number of carbonyl (C=O) groups is 1. The molecule has 0 unspecified atom stereocenters. The number of amides is 2. The molecule has 1 aliphatic heterocycles. The van der Waals surface area contributed by atoms with E-state index in [0.717, 1.165) is 38.3 Å². The molecule has 88 valence electrons. The summed E-state index contributed by atoms with van der Waals surface area (Å²) in [5.74, 6) is 0.730. The number of urea groups is 1. The fraction of sp³-hybridized carbons (Fsp3) is 0.909. The monoisotopic (exact) mass is 214 g/mol. The van der Waals surface area contributed by atoms with Crippen LogP contribution in [0.5, 0.6) is 0 Å². The Morgan fingerprint density at radius 2 is 2.13 bits per heavy atom. The van der Waals surface area contributed by atoms with Crippen molar-refractivity contribution in [3.8, 4) is 0 Å². The fourth-order valence-corrected chi connectivity index (χ4v) is 1.75. The maximum absolute atomic E-state index is 11.7. The van der Waals surface area contributed by atoms with Gasteiger partial charge in [0.25, 0.3) is 0 Å². The smallest absolute Gasteiger partial charge is 0.317 e. The van der Waals surface area contributed by atoms with Crippen LogP contribution >= 0.6 is 0 Å². The zero-order valence-electron chi connectivity index (χ0n) is 9.70. The summed E-state index contributed by atoms with van der Waals surface area (Å²) in [4.78, 5) is 13.6. The molecule has 1 heterocycles. The van der Waals surface area contributed by atoms with E-state index in [9.17, 15) is 4.79 Å². The molecule has 4 nitrogen and oxygen atoms in total. The second kappa shape index (κ2) is 5.95. The van der Waals surface area contributed by atoms with E-state index in [1.54, 1.807) is 0 Å². The van der Waals surface area contributed by atoms with Crippen molar-refractivity contribution in [2.45, 2.75) is 39.2 Å². The highest BCUT2D eigenvalue weighted by Gasteiger charge is 2.21. The molecule has 0 spiro atoms. The molecule has 0 saturated carbocycles. The lowest BCUT2D eigenvalue weighted by molar-refractivity contribution is 0.161. The molecule has 0 aromatic heterocycles. The number of piperidine rings is 1. The Bertz CT molecular complexity index is 197. The highest BCUT2D eigenvalue weighted by molar-refractivity contribution is 5.74. The lowest BCUT2D eigenvalue weighted by atomic mass is 10.00. The second-order valence-corrected chi connectivity index (χ2v) is 4.41. The van der Waals surface area contributed by atoms with Gasteiger partial charge in [0.15, 0.2) is 0 Å². The van der Waals surface area contributed by atoms with Gasteiger partial charge in [-0.05, 0) is 25.2 Å². The van der Waals surface area contributed by atoms with E-state index in [2.05, 4.69) is 12.2 Å². The molecule has 0 radical (unpaired) electrons. The molecule has 0 bridgehead atoms. The van der Waals surface area contributed by atoms with Crippen molar-refractivity contribution >= 4 is 6.03 Å². The Hall–Kier alpha value is -0.770. The average Bonchev–Trinajstić information content (AvgIpc) is 2.26. The van der Waals surface area contributed by atoms with E-state index in [4.69, 9.17) is 5.11 Å². The van der Waals surface area contributed by atoms with Gasteiger partial charge >= 0.3 is 6.03 Å². The first kappa shape index (κ1) is 12.3. The predicted octanol–water partition coefficient (Wildman–Crippen LogP) is 1.20. The Labute approximate surface area is 91.6 Å². The minimum absolute atomic E-state index is 0.0203. The molecule has 1 atom stereocenters. The maximum atomic E-state index is 11.7. The number of aliphatic hydroxyl groups excluding tert-OH is 1. The summed E-state index contributed by atoms with van der Waals surface area (Å²) >= 11 is 0. The highest BCUT2D eigenvalue weighted by Crippen LogP contribution is 2.15. The number of likely N-dealkylation sites (tertiary alicyclic amines) is 1. The zero-order chi connectivity index (χ0) is 11.3. The first-order valence-corrected chi connectivity index (χ1v) is 5.83. The Kier molecular flexibility index (Phi) is 4.88. The number of hydrogen-bond donors (Lipinski definition) is 2. The van der Waals surface area contributed by atoms with Crippen molar-refractivity contribution in [3.05, 3.63) is 0 Å². The SMILES string of the molecule is CC[C@H](CO)NC(=O)N1CCC(C)CC1. The third kappa shape index (κ3) is 3.70. The number of rotatable bonds is 3. The molecule has 0 aromatic rings. The third-order valence-electron chi connectivity index (χ3n) is 3.11. The van der Waals surface area contributed by atoms with Gasteiger partial charge in [0.2, 0.25) is 0 Å². The standard InChI is InChI=1S/C11H22N2O2/c1-3-10(8-14)12-11(15)13-6-4-9(2)5-7-13/h9-10,14H,3-8H2,1-2H3,(H,12,15)/t10-/m1/s1. The Morgan fingerprint density at radius 3 is 2.60 bits per heavy atom. The van der Waals surface area contributed by atoms with Crippen molar-refractivity contribution in [1.29, 1.82) is 0 Å². The summed E-state index contributed by atoms with van der Waals surface area (Å²) in [6.45, 7) is 5.88. The minimum Gasteiger partial charge on any atom is -0.394 e. The van der Waals surface area contributed by atoms with Crippen LogP contribution in [0.25, 0.3) is 0 Å². The quantitative estimate of drug-likeness (QED) is 0.741. The number of nitrogens with zero attached hydrogens (tertiary/aromatic N) is 1. The van der Waals surface area contributed by atoms with Crippen molar-refractivity contribution in [3.63, 3.8) is 0 Å². The number of hydrogen-bond acceptors (Lipinski definition) is 2. The average molecular weight is 214 g/mol. The van der Waals surface area contributed by atoms with E-state index >= 15 is 0 Å². The molecule has 15 heavy (non-hydrogen) atoms. The summed E-state index contributed by atoms with van der Waals surface area (Å²) in [7, 11) is 0. The summed E-state index contributed by atoms with van der Waals surface area (Å²) in [5.41, 5.74) is 0. The summed E-state index contributed by atoms with van der Waals surface area (Å²) in [6.07, 6.45) is 2.94. The lowest BCUT2D eigenvalue weighted by Crippen LogP contribution is -2.48. The number of nitrogens with one attached hydrogen (secondary N) is 1. The minimum atomic E-state index is -0.100. The van der Waals surface area contributed by atoms with Gasteiger partial charge in [0, 0.05) is 13.1 Å². The van der Waals surface area contributed by atoms with Crippen LogP contribution in [0.15, 0.2) is 0 Å². The lowest BCUT2D eigenvalue weighted by Gasteiger charge is -2.31. The number of carbonyl (C=O) groups excluding carboxylic acids is 1. The predicted molar refractivity (Wildman–Crippen MR) is 59.7 cm³/mol. The molecule has 1 aliphatic rings. The van der Waals surface area contributed by atoms with Gasteiger partial charge < -0.3 is 15.3 Å². The molecule has 2 N–H and O–H groups in total. The van der Waals surface area contributed by atoms with E-state index < -0.39 is 0 Å². The van der Waals surface area contributed by atoms with E-state index in [-0.39, 0.29) is 18.7 Å². The van der Waals surface area contributed by atoms with Gasteiger partial charge in [-0.15, -0.1) is 0 Å². The summed E-state index contributed by atoms with van der Waals surface area (Å²) < 4.78 is 0. The van der Waals surface area contributed by atoms with E-state index in [1.165, 1.54) is 0 Å². The molecule has 1 saturated heterocycles. The van der Waals surface area contributed by atoms with Crippen LogP contribution in [0.4, 0.5) is 4.79 Å². The topological polar surface area (TPSA) is 52.6 Å². The summed E-state index contributed by atoms with van der Waals surface area (Å²) in [6, 6.07) is -0.125. The maximum Gasteiger partial charge on any atom is 0.317 e. The normalized spacial score (nSPS) is 20.1. The Morgan fingerprint density at radius 1 is 1.53 bits per heavy atom. The molecule has 0 aliphatic carbocycles. The van der Waals surface area contributed by atoms with Crippen LogP contribution in [0.1, 0.15) is 33.1 Å². The van der Waals surface area contributed by atoms with Gasteiger partial charge in [0.1, 0.15) is 0 Å². The van der Waals surface area contributed by atoms with Gasteiger partial charge in [-0.2, -0.15) is 0 Å². The summed E-state index contributed by atoms with van der Waals surface area (Å²) in [5, 5.41) is 11.8. The molecular formula is C11H22N2O2. The van der Waals surface area contributed by atoms with Crippen molar-refractivity contribution in [2.24, 2.45) is 5.92 Å². The zero-order valence-corrected chi connectivity index (χ0v) is 9.70. The van der Waals surface area contributed by atoms with E-state index in [1.807, 2.05) is 11.8 Å². The first-order valence-electron chi connectivity index (χ1n) is 5.83. The molecular weight excluding hydrogens is 192 g/mol. The molecule has 1 fully saturated rings. The van der Waals surface area contributed by atoms with Crippen molar-refractivity contribution in [1.82, 2.24) is 10.2 Å². The van der Waals surface area contributed by atoms with Crippen LogP contribution in [0, 0.1) is 5.92 Å². The van der Waals surface area contributed by atoms with Crippen LogP contribution in [0.2, 0.25) is 0 Å². The second-order valence-electron chi connectivity index (χ2n) is 4.41. The van der Waals surface area contributed by atoms with Gasteiger partial charge in [0.05, 0.1) is 12.6 Å². The molecule has 2 amide bonds. The largest absolute Gasteiger partial charge is 0.394 e. The van der Waals surface area contributed by atoms with Gasteiger partial charge in [-0.25, -0.2) is 4.79 Å². The van der Waals surface area contributed by atoms with E-state index in [0.29, 0.717) is 0 Å². The van der Waals surface area contributed by atoms with Crippen LogP contribution in [0.3, 0.4) is 0 Å². The highest BCUT2D eigenvalue weighted by atomic mass is 16.3. The Balaban J connectivity index is 2.33. The van der Waals surface area contributed by atoms with Crippen LogP contribution in [-0.4, -0.2) is 41.8 Å².